The van der Waals surface area contributed by atoms with E-state index in [1.165, 1.54) is 4.90 Å². The van der Waals surface area contributed by atoms with Gasteiger partial charge in [0.05, 0.1) is 6.04 Å². The molecule has 1 fully saturated rings. The summed E-state index contributed by atoms with van der Waals surface area (Å²) in [4.78, 5) is 28.6. The van der Waals surface area contributed by atoms with Crippen molar-refractivity contribution < 1.29 is 9.59 Å². The van der Waals surface area contributed by atoms with E-state index < -0.39 is 0 Å². The zero-order chi connectivity index (χ0) is 20.4. The first-order chi connectivity index (χ1) is 14.0. The number of carbonyl (C=O) groups excluding carboxylic acids is 2. The number of thioether (sulfide) groups is 1. The average Bonchev–Trinajstić information content (AvgIpc) is 2.74. The number of carbonyl (C=O) groups is 2. The van der Waals surface area contributed by atoms with Crippen molar-refractivity contribution in [2.45, 2.75) is 30.2 Å². The number of fused-ring (bicyclic) bond motifs is 1. The van der Waals surface area contributed by atoms with Crippen molar-refractivity contribution in [2.75, 3.05) is 18.8 Å². The minimum atomic E-state index is -0.0545. The van der Waals surface area contributed by atoms with Gasteiger partial charge in [-0.25, -0.2) is 0 Å². The topological polar surface area (TPSA) is 49.4 Å². The molecule has 1 saturated heterocycles. The van der Waals surface area contributed by atoms with Crippen LogP contribution in [0.1, 0.15) is 41.2 Å². The van der Waals surface area contributed by atoms with Gasteiger partial charge in [-0.3, -0.25) is 9.59 Å². The molecule has 1 N–H and O–H groups in total. The Labute approximate surface area is 188 Å². The number of piperidine rings is 1. The van der Waals surface area contributed by atoms with E-state index in [0.717, 1.165) is 22.2 Å². The molecule has 0 aromatic heterocycles. The third-order valence-electron chi connectivity index (χ3n) is 5.57. The third kappa shape index (κ3) is 4.81. The monoisotopic (exact) mass is 492 g/mol. The largest absolute Gasteiger partial charge is 0.349 e. The molecule has 2 aliphatic heterocycles. The van der Waals surface area contributed by atoms with Gasteiger partial charge in [0.1, 0.15) is 0 Å². The highest BCUT2D eigenvalue weighted by Crippen LogP contribution is 2.38. The SMILES string of the molecule is O=C(NC1CCSc2ccc(Cl)cc21)C1CCN(C(=O)c2ccc(Br)cc2)CC1. The normalized spacial score (nSPS) is 19.5. The summed E-state index contributed by atoms with van der Waals surface area (Å²) in [6, 6.07) is 13.3. The van der Waals surface area contributed by atoms with Crippen molar-refractivity contribution in [3.8, 4) is 0 Å². The summed E-state index contributed by atoms with van der Waals surface area (Å²) in [7, 11) is 0. The van der Waals surface area contributed by atoms with E-state index in [-0.39, 0.29) is 23.8 Å². The zero-order valence-corrected chi connectivity index (χ0v) is 19.0. The summed E-state index contributed by atoms with van der Waals surface area (Å²) in [5.74, 6) is 1.05. The summed E-state index contributed by atoms with van der Waals surface area (Å²) in [5, 5.41) is 3.93. The second-order valence-corrected chi connectivity index (χ2v) is 9.94. The number of nitrogens with zero attached hydrogens (tertiary/aromatic N) is 1. The molecule has 0 saturated carbocycles. The van der Waals surface area contributed by atoms with Gasteiger partial charge < -0.3 is 10.2 Å². The van der Waals surface area contributed by atoms with Gasteiger partial charge >= 0.3 is 0 Å². The lowest BCUT2D eigenvalue weighted by molar-refractivity contribution is -0.127. The van der Waals surface area contributed by atoms with Gasteiger partial charge in [-0.2, -0.15) is 0 Å². The molecule has 29 heavy (non-hydrogen) atoms. The van der Waals surface area contributed by atoms with Crippen LogP contribution >= 0.6 is 39.3 Å². The number of benzene rings is 2. The standard InChI is InChI=1S/C22H22BrClN2O2S/c23-16-3-1-15(2-4-16)22(28)26-10-7-14(8-11-26)21(27)25-19-9-12-29-20-6-5-17(24)13-18(19)20/h1-6,13-14,19H,7-12H2,(H,25,27). The lowest BCUT2D eigenvalue weighted by Gasteiger charge is -2.33. The molecular formula is C22H22BrClN2O2S. The first-order valence-corrected chi connectivity index (χ1v) is 11.9. The Balaban J connectivity index is 1.35. The summed E-state index contributed by atoms with van der Waals surface area (Å²) >= 11 is 11.4. The molecule has 2 aromatic rings. The van der Waals surface area contributed by atoms with E-state index in [0.29, 0.717) is 36.5 Å². The van der Waals surface area contributed by atoms with Crippen LogP contribution in [-0.2, 0) is 4.79 Å². The van der Waals surface area contributed by atoms with Crippen LogP contribution in [0.25, 0.3) is 0 Å². The average molecular weight is 494 g/mol. The Bertz CT molecular complexity index is 914. The van der Waals surface area contributed by atoms with Crippen LogP contribution in [0.15, 0.2) is 51.8 Å². The van der Waals surface area contributed by atoms with Gasteiger partial charge in [0.25, 0.3) is 5.91 Å². The maximum absolute atomic E-state index is 12.9. The van der Waals surface area contributed by atoms with Crippen LogP contribution < -0.4 is 5.32 Å². The molecule has 7 heteroatoms. The van der Waals surface area contributed by atoms with Crippen LogP contribution in [0.3, 0.4) is 0 Å². The smallest absolute Gasteiger partial charge is 0.253 e. The Morgan fingerprint density at radius 2 is 1.79 bits per heavy atom. The highest BCUT2D eigenvalue weighted by atomic mass is 79.9. The number of rotatable bonds is 3. The van der Waals surface area contributed by atoms with Gasteiger partial charge in [0, 0.05) is 44.7 Å². The summed E-state index contributed by atoms with van der Waals surface area (Å²) in [6.07, 6.45) is 2.29. The van der Waals surface area contributed by atoms with Gasteiger partial charge in [-0.05, 0) is 67.3 Å². The van der Waals surface area contributed by atoms with Crippen LogP contribution in [0, 0.1) is 5.92 Å². The minimum Gasteiger partial charge on any atom is -0.349 e. The predicted octanol–water partition coefficient (Wildman–Crippen LogP) is 5.31. The van der Waals surface area contributed by atoms with Crippen molar-refractivity contribution in [3.05, 3.63) is 63.1 Å². The van der Waals surface area contributed by atoms with Crippen LogP contribution in [0.5, 0.6) is 0 Å². The lowest BCUT2D eigenvalue weighted by Crippen LogP contribution is -2.44. The molecule has 4 rings (SSSR count). The molecule has 152 valence electrons. The minimum absolute atomic E-state index is 0.0138. The van der Waals surface area contributed by atoms with Gasteiger partial charge in [0.15, 0.2) is 0 Å². The predicted molar refractivity (Wildman–Crippen MR) is 120 cm³/mol. The molecule has 0 aliphatic carbocycles. The number of likely N-dealkylation sites (tertiary alicyclic amines) is 1. The fraction of sp³-hybridized carbons (Fsp3) is 0.364. The summed E-state index contributed by atoms with van der Waals surface area (Å²) in [6.45, 7) is 1.21. The van der Waals surface area contributed by atoms with Crippen molar-refractivity contribution in [1.29, 1.82) is 0 Å². The zero-order valence-electron chi connectivity index (χ0n) is 15.9. The van der Waals surface area contributed by atoms with Gasteiger partial charge in [-0.15, -0.1) is 11.8 Å². The second kappa shape index (κ2) is 9.11. The first kappa shape index (κ1) is 20.8. The van der Waals surface area contributed by atoms with E-state index in [1.807, 2.05) is 59.1 Å². The van der Waals surface area contributed by atoms with Crippen LogP contribution in [0.4, 0.5) is 0 Å². The molecule has 4 nitrogen and oxygen atoms in total. The Morgan fingerprint density at radius 3 is 2.52 bits per heavy atom. The first-order valence-electron chi connectivity index (χ1n) is 9.79. The van der Waals surface area contributed by atoms with Crippen molar-refractivity contribution >= 4 is 51.1 Å². The molecule has 1 atom stereocenters. The second-order valence-electron chi connectivity index (χ2n) is 7.45. The van der Waals surface area contributed by atoms with Crippen LogP contribution in [-0.4, -0.2) is 35.6 Å². The number of hydrogen-bond donors (Lipinski definition) is 1. The Kier molecular flexibility index (Phi) is 6.52. The van der Waals surface area contributed by atoms with Gasteiger partial charge in [0.2, 0.25) is 5.91 Å². The molecular weight excluding hydrogens is 472 g/mol. The van der Waals surface area contributed by atoms with E-state index in [1.54, 1.807) is 0 Å². The molecule has 2 aromatic carbocycles. The number of hydrogen-bond acceptors (Lipinski definition) is 3. The number of halogens is 2. The van der Waals surface area contributed by atoms with E-state index in [2.05, 4.69) is 21.2 Å². The Hall–Kier alpha value is -1.50. The van der Waals surface area contributed by atoms with Crippen molar-refractivity contribution in [2.24, 2.45) is 5.92 Å². The molecule has 0 bridgehead atoms. The molecule has 2 heterocycles. The Morgan fingerprint density at radius 1 is 1.07 bits per heavy atom. The highest BCUT2D eigenvalue weighted by molar-refractivity contribution is 9.10. The fourth-order valence-corrected chi connectivity index (χ4v) is 5.48. The fourth-order valence-electron chi connectivity index (χ4n) is 3.92. The summed E-state index contributed by atoms with van der Waals surface area (Å²) < 4.78 is 0.952. The third-order valence-corrected chi connectivity index (χ3v) is 7.46. The molecule has 0 spiro atoms. The molecule has 2 aliphatic rings. The van der Waals surface area contributed by atoms with Crippen molar-refractivity contribution in [3.63, 3.8) is 0 Å². The quantitative estimate of drug-likeness (QED) is 0.630. The summed E-state index contributed by atoms with van der Waals surface area (Å²) in [5.41, 5.74) is 1.80. The molecule has 0 radical (unpaired) electrons. The maximum Gasteiger partial charge on any atom is 0.253 e. The van der Waals surface area contributed by atoms with Gasteiger partial charge in [-0.1, -0.05) is 27.5 Å². The highest BCUT2D eigenvalue weighted by Gasteiger charge is 2.30. The lowest BCUT2D eigenvalue weighted by atomic mass is 9.94. The van der Waals surface area contributed by atoms with Crippen LogP contribution in [0.2, 0.25) is 5.02 Å². The number of amides is 2. The maximum atomic E-state index is 12.9. The van der Waals surface area contributed by atoms with E-state index >= 15 is 0 Å². The molecule has 2 amide bonds. The van der Waals surface area contributed by atoms with E-state index in [4.69, 9.17) is 11.6 Å². The molecule has 1 unspecified atom stereocenters. The number of nitrogens with one attached hydrogen (secondary N) is 1. The van der Waals surface area contributed by atoms with Crippen molar-refractivity contribution in [1.82, 2.24) is 10.2 Å². The van der Waals surface area contributed by atoms with E-state index in [9.17, 15) is 9.59 Å².